The Morgan fingerprint density at radius 3 is 2.52 bits per heavy atom. The maximum Gasteiger partial charge on any atom is 0.310 e. The van der Waals surface area contributed by atoms with E-state index in [9.17, 15) is 14.0 Å². The molecular formula is C16H12BrClFNO3. The Bertz CT molecular complexity index is 722. The minimum absolute atomic E-state index is 0.0247. The van der Waals surface area contributed by atoms with Crippen molar-refractivity contribution >= 4 is 45.1 Å². The van der Waals surface area contributed by atoms with Gasteiger partial charge in [-0.05, 0) is 35.9 Å². The van der Waals surface area contributed by atoms with Gasteiger partial charge in [0, 0.05) is 9.50 Å². The first kappa shape index (κ1) is 17.4. The van der Waals surface area contributed by atoms with Crippen LogP contribution < -0.4 is 5.32 Å². The fourth-order valence-corrected chi connectivity index (χ4v) is 2.17. The lowest BCUT2D eigenvalue weighted by atomic mass is 10.2. The van der Waals surface area contributed by atoms with E-state index in [4.69, 9.17) is 16.3 Å². The van der Waals surface area contributed by atoms with Crippen LogP contribution in [0.25, 0.3) is 0 Å². The highest BCUT2D eigenvalue weighted by Gasteiger charge is 2.11. The number of anilines is 1. The number of halogens is 3. The zero-order valence-corrected chi connectivity index (χ0v) is 14.2. The Labute approximate surface area is 145 Å². The van der Waals surface area contributed by atoms with Crippen molar-refractivity contribution < 1.29 is 18.7 Å². The van der Waals surface area contributed by atoms with Gasteiger partial charge in [0.05, 0.1) is 12.1 Å². The molecule has 0 atom stereocenters. The summed E-state index contributed by atoms with van der Waals surface area (Å²) >= 11 is 8.91. The molecule has 2 rings (SSSR count). The van der Waals surface area contributed by atoms with Crippen molar-refractivity contribution in [3.8, 4) is 0 Å². The zero-order chi connectivity index (χ0) is 16.8. The second-order valence-corrected chi connectivity index (χ2v) is 5.99. The summed E-state index contributed by atoms with van der Waals surface area (Å²) in [7, 11) is 0. The summed E-state index contributed by atoms with van der Waals surface area (Å²) < 4.78 is 19.3. The van der Waals surface area contributed by atoms with Gasteiger partial charge in [-0.25, -0.2) is 4.39 Å². The Kier molecular flexibility index (Phi) is 6.12. The van der Waals surface area contributed by atoms with Gasteiger partial charge in [-0.15, -0.1) is 0 Å². The highest BCUT2D eigenvalue weighted by atomic mass is 79.9. The van der Waals surface area contributed by atoms with Crippen LogP contribution in [0.5, 0.6) is 0 Å². The van der Waals surface area contributed by atoms with Crippen molar-refractivity contribution in [2.75, 3.05) is 11.9 Å². The van der Waals surface area contributed by atoms with Crippen LogP contribution in [0, 0.1) is 5.82 Å². The fraction of sp³-hybridized carbons (Fsp3) is 0.125. The lowest BCUT2D eigenvalue weighted by Crippen LogP contribution is -2.22. The predicted molar refractivity (Wildman–Crippen MR) is 88.8 cm³/mol. The first-order valence-electron chi connectivity index (χ1n) is 6.59. The number of hydrogen-bond donors (Lipinski definition) is 1. The van der Waals surface area contributed by atoms with E-state index >= 15 is 0 Å². The zero-order valence-electron chi connectivity index (χ0n) is 11.8. The molecule has 7 heteroatoms. The van der Waals surface area contributed by atoms with Gasteiger partial charge in [0.2, 0.25) is 0 Å². The largest absolute Gasteiger partial charge is 0.455 e. The molecule has 0 heterocycles. The van der Waals surface area contributed by atoms with Gasteiger partial charge in [0.15, 0.2) is 6.61 Å². The smallest absolute Gasteiger partial charge is 0.310 e. The van der Waals surface area contributed by atoms with Gasteiger partial charge in [-0.1, -0.05) is 39.7 Å². The molecule has 4 nitrogen and oxygen atoms in total. The van der Waals surface area contributed by atoms with Gasteiger partial charge in [-0.3, -0.25) is 9.59 Å². The number of rotatable bonds is 5. The number of carbonyl (C=O) groups excluding carboxylic acids is 2. The van der Waals surface area contributed by atoms with E-state index in [-0.39, 0.29) is 17.1 Å². The molecule has 0 unspecified atom stereocenters. The number of hydrogen-bond acceptors (Lipinski definition) is 3. The number of amides is 1. The van der Waals surface area contributed by atoms with Crippen LogP contribution in [0.2, 0.25) is 5.02 Å². The molecule has 23 heavy (non-hydrogen) atoms. The molecule has 0 radical (unpaired) electrons. The highest BCUT2D eigenvalue weighted by Crippen LogP contribution is 2.18. The van der Waals surface area contributed by atoms with E-state index in [1.165, 1.54) is 12.1 Å². The predicted octanol–water partition coefficient (Wildman–Crippen LogP) is 3.97. The quantitative estimate of drug-likeness (QED) is 0.773. The summed E-state index contributed by atoms with van der Waals surface area (Å²) in [4.78, 5) is 23.3. The Hall–Kier alpha value is -1.92. The Morgan fingerprint density at radius 2 is 1.87 bits per heavy atom. The third-order valence-electron chi connectivity index (χ3n) is 2.83. The van der Waals surface area contributed by atoms with Crippen LogP contribution in [0.1, 0.15) is 5.56 Å². The Balaban J connectivity index is 1.81. The maximum absolute atomic E-state index is 13.5. The second kappa shape index (κ2) is 8.08. The molecule has 0 aliphatic carbocycles. The molecule has 0 bridgehead atoms. The van der Waals surface area contributed by atoms with Crippen molar-refractivity contribution in [3.63, 3.8) is 0 Å². The van der Waals surface area contributed by atoms with Crippen molar-refractivity contribution in [2.24, 2.45) is 0 Å². The molecule has 0 aliphatic heterocycles. The standard InChI is InChI=1S/C16H12BrClFNO3/c17-11-3-1-10(2-4-11)7-16(22)23-9-15(21)20-14-6-5-12(18)8-13(14)19/h1-6,8H,7,9H2,(H,20,21). The maximum atomic E-state index is 13.5. The summed E-state index contributed by atoms with van der Waals surface area (Å²) in [5.74, 6) is -1.83. The fourth-order valence-electron chi connectivity index (χ4n) is 1.74. The van der Waals surface area contributed by atoms with E-state index in [2.05, 4.69) is 21.2 Å². The average Bonchev–Trinajstić information content (AvgIpc) is 2.50. The van der Waals surface area contributed by atoms with E-state index in [1.807, 2.05) is 0 Å². The van der Waals surface area contributed by atoms with E-state index < -0.39 is 24.3 Å². The van der Waals surface area contributed by atoms with Gasteiger partial charge in [0.25, 0.3) is 5.91 Å². The number of nitrogens with one attached hydrogen (secondary N) is 1. The molecule has 2 aromatic rings. The minimum atomic E-state index is -0.660. The van der Waals surface area contributed by atoms with Crippen LogP contribution in [0.3, 0.4) is 0 Å². The molecule has 1 amide bonds. The molecule has 2 aromatic carbocycles. The molecule has 0 spiro atoms. The van der Waals surface area contributed by atoms with Gasteiger partial charge < -0.3 is 10.1 Å². The van der Waals surface area contributed by atoms with E-state index in [1.54, 1.807) is 24.3 Å². The van der Waals surface area contributed by atoms with Gasteiger partial charge in [-0.2, -0.15) is 0 Å². The molecule has 0 aliphatic rings. The topological polar surface area (TPSA) is 55.4 Å². The van der Waals surface area contributed by atoms with Gasteiger partial charge in [0.1, 0.15) is 5.82 Å². The normalized spacial score (nSPS) is 10.2. The van der Waals surface area contributed by atoms with E-state index in [0.717, 1.165) is 16.1 Å². The number of carbonyl (C=O) groups is 2. The molecule has 0 fully saturated rings. The molecule has 1 N–H and O–H groups in total. The second-order valence-electron chi connectivity index (χ2n) is 4.64. The summed E-state index contributed by atoms with van der Waals surface area (Å²) in [6.07, 6.45) is 0.0515. The third kappa shape index (κ3) is 5.65. The number of ether oxygens (including phenoxy) is 1. The van der Waals surface area contributed by atoms with Crippen LogP contribution in [-0.4, -0.2) is 18.5 Å². The molecule has 0 saturated carbocycles. The molecule has 120 valence electrons. The van der Waals surface area contributed by atoms with Crippen LogP contribution >= 0.6 is 27.5 Å². The summed E-state index contributed by atoms with van der Waals surface area (Å²) in [6, 6.07) is 11.0. The molecular weight excluding hydrogens is 389 g/mol. The Morgan fingerprint density at radius 1 is 1.17 bits per heavy atom. The molecule has 0 aromatic heterocycles. The monoisotopic (exact) mass is 399 g/mol. The summed E-state index contributed by atoms with van der Waals surface area (Å²) in [5, 5.41) is 2.53. The number of esters is 1. The first-order chi connectivity index (χ1) is 10.9. The highest BCUT2D eigenvalue weighted by molar-refractivity contribution is 9.10. The van der Waals surface area contributed by atoms with E-state index in [0.29, 0.717) is 0 Å². The number of benzene rings is 2. The minimum Gasteiger partial charge on any atom is -0.455 e. The lowest BCUT2D eigenvalue weighted by Gasteiger charge is -2.08. The van der Waals surface area contributed by atoms with Crippen LogP contribution in [-0.2, 0) is 20.7 Å². The first-order valence-corrected chi connectivity index (χ1v) is 7.76. The van der Waals surface area contributed by atoms with Crippen molar-refractivity contribution in [2.45, 2.75) is 6.42 Å². The summed E-state index contributed by atoms with van der Waals surface area (Å²) in [5.41, 5.74) is 0.741. The third-order valence-corrected chi connectivity index (χ3v) is 3.59. The van der Waals surface area contributed by atoms with Crippen LogP contribution in [0.15, 0.2) is 46.9 Å². The van der Waals surface area contributed by atoms with Crippen molar-refractivity contribution in [1.82, 2.24) is 0 Å². The average molecular weight is 401 g/mol. The van der Waals surface area contributed by atoms with Gasteiger partial charge >= 0.3 is 5.97 Å². The van der Waals surface area contributed by atoms with Crippen molar-refractivity contribution in [3.05, 3.63) is 63.3 Å². The molecule has 0 saturated heterocycles. The SMILES string of the molecule is O=C(COC(=O)Cc1ccc(Br)cc1)Nc1ccc(Cl)cc1F. The van der Waals surface area contributed by atoms with Crippen molar-refractivity contribution in [1.29, 1.82) is 0 Å². The summed E-state index contributed by atoms with van der Waals surface area (Å²) in [6.45, 7) is -0.489. The lowest BCUT2D eigenvalue weighted by molar-refractivity contribution is -0.146. The van der Waals surface area contributed by atoms with Crippen LogP contribution in [0.4, 0.5) is 10.1 Å².